The third kappa shape index (κ3) is 10.4. The van der Waals surface area contributed by atoms with Crippen LogP contribution in [0, 0.1) is 0 Å². The van der Waals surface area contributed by atoms with E-state index in [4.69, 9.17) is 9.90 Å². The monoisotopic (exact) mass is 150 g/mol. The Bertz CT molecular complexity index is 72.5. The second kappa shape index (κ2) is 6.47. The first-order valence-corrected chi connectivity index (χ1v) is 2.84. The highest BCUT2D eigenvalue weighted by Crippen LogP contribution is 1.93. The average molecular weight is 150 g/mol. The topological polar surface area (TPSA) is 65.0 Å². The van der Waals surface area contributed by atoms with E-state index < -0.39 is 5.97 Å². The van der Waals surface area contributed by atoms with Crippen LogP contribution in [0.1, 0.15) is 13.3 Å². The van der Waals surface area contributed by atoms with Crippen LogP contribution in [0.2, 0.25) is 0 Å². The smallest absolute Gasteiger partial charge is 0.300 e. The molecular weight excluding hydrogens is 140 g/mol. The average Bonchev–Trinajstić information content (AvgIpc) is 1.90. The van der Waals surface area contributed by atoms with Gasteiger partial charge in [-0.1, -0.05) is 5.04 Å². The van der Waals surface area contributed by atoms with Crippen molar-refractivity contribution in [1.82, 2.24) is 0 Å². The Morgan fingerprint density at radius 2 is 1.80 bits per heavy atom. The third-order valence-electron chi connectivity index (χ3n) is 0.552. The fourth-order valence-electron chi connectivity index (χ4n) is 0.279. The van der Waals surface area contributed by atoms with E-state index in [1.165, 1.54) is 0 Å². The van der Waals surface area contributed by atoms with Crippen LogP contribution >= 0.6 is 0 Å². The third-order valence-corrected chi connectivity index (χ3v) is 0.552. The number of aliphatic carboxylic acids is 1. The number of hydrogen-bond donors (Lipinski definition) is 1. The fraction of sp³-hybridized carbons (Fsp3) is 0.800. The van der Waals surface area contributed by atoms with Crippen LogP contribution in [-0.2, 0) is 19.6 Å². The Balaban J connectivity index is 0.000000180. The maximum Gasteiger partial charge on any atom is 0.300 e. The molecule has 0 aromatic carbocycles. The van der Waals surface area contributed by atoms with Crippen molar-refractivity contribution in [3.8, 4) is 0 Å². The summed E-state index contributed by atoms with van der Waals surface area (Å²) in [6, 6.07) is 0. The fourth-order valence-corrected chi connectivity index (χ4v) is 0.279. The molecule has 0 aromatic rings. The first kappa shape index (κ1) is 9.35. The van der Waals surface area contributed by atoms with Crippen molar-refractivity contribution in [2.75, 3.05) is 13.2 Å². The number of hydrogen-bond acceptors (Lipinski definition) is 4. The molecule has 0 atom stereocenters. The van der Waals surface area contributed by atoms with Gasteiger partial charge in [0.15, 0.2) is 0 Å². The molecule has 10 heavy (non-hydrogen) atoms. The van der Waals surface area contributed by atoms with E-state index >= 15 is 0 Å². The minimum atomic E-state index is -0.833. The summed E-state index contributed by atoms with van der Waals surface area (Å²) >= 11 is 0. The lowest BCUT2D eigenvalue weighted by molar-refractivity contribution is -0.532. The highest BCUT2D eigenvalue weighted by molar-refractivity contribution is 5.62. The molecular formula is C5H10O5. The van der Waals surface area contributed by atoms with E-state index in [0.717, 1.165) is 13.3 Å². The van der Waals surface area contributed by atoms with Gasteiger partial charge in [-0.15, -0.1) is 0 Å². The zero-order chi connectivity index (χ0) is 7.82. The SMILES string of the molecule is C1COOOC1.CC(=O)O. The maximum absolute atomic E-state index is 9.00. The predicted molar refractivity (Wildman–Crippen MR) is 30.9 cm³/mol. The minimum Gasteiger partial charge on any atom is -0.481 e. The maximum atomic E-state index is 9.00. The zero-order valence-electron chi connectivity index (χ0n) is 5.70. The lowest BCUT2D eigenvalue weighted by atomic mass is 10.5. The summed E-state index contributed by atoms with van der Waals surface area (Å²) in [6.45, 7) is 2.39. The van der Waals surface area contributed by atoms with Gasteiger partial charge in [0.2, 0.25) is 0 Å². The first-order valence-electron chi connectivity index (χ1n) is 2.84. The number of carboxylic acids is 1. The molecule has 0 spiro atoms. The molecule has 0 radical (unpaired) electrons. The van der Waals surface area contributed by atoms with Crippen molar-refractivity contribution < 1.29 is 24.7 Å². The van der Waals surface area contributed by atoms with Gasteiger partial charge in [0.25, 0.3) is 5.97 Å². The lowest BCUT2D eigenvalue weighted by Crippen LogP contribution is -2.08. The van der Waals surface area contributed by atoms with Crippen LogP contribution < -0.4 is 0 Å². The minimum absolute atomic E-state index is 0.653. The van der Waals surface area contributed by atoms with Crippen molar-refractivity contribution >= 4 is 5.97 Å². The molecule has 0 amide bonds. The molecule has 1 aliphatic heterocycles. The van der Waals surface area contributed by atoms with E-state index in [-0.39, 0.29) is 0 Å². The number of carboxylic acid groups (broad SMARTS) is 1. The summed E-state index contributed by atoms with van der Waals surface area (Å²) in [5, 5.41) is 11.5. The molecule has 1 rings (SSSR count). The quantitative estimate of drug-likeness (QED) is 0.505. The Morgan fingerprint density at radius 3 is 1.90 bits per heavy atom. The Labute approximate surface area is 58.4 Å². The van der Waals surface area contributed by atoms with Crippen molar-refractivity contribution in [3.05, 3.63) is 0 Å². The normalized spacial score (nSPS) is 16.9. The van der Waals surface area contributed by atoms with Gasteiger partial charge in [-0.2, -0.15) is 0 Å². The number of carbonyl (C=O) groups is 1. The second-order valence-electron chi connectivity index (χ2n) is 1.58. The van der Waals surface area contributed by atoms with E-state index in [1.807, 2.05) is 0 Å². The summed E-state index contributed by atoms with van der Waals surface area (Å²) in [5.41, 5.74) is 0. The molecule has 0 saturated carbocycles. The largest absolute Gasteiger partial charge is 0.481 e. The summed E-state index contributed by atoms with van der Waals surface area (Å²) in [7, 11) is 0. The lowest BCUT2D eigenvalue weighted by Gasteiger charge is -2.06. The Kier molecular flexibility index (Phi) is 6.05. The molecule has 0 unspecified atom stereocenters. The first-order chi connectivity index (χ1) is 4.73. The molecule has 60 valence electrons. The van der Waals surface area contributed by atoms with Crippen LogP contribution in [0.4, 0.5) is 0 Å². The molecule has 1 heterocycles. The molecule has 0 aromatic heterocycles. The van der Waals surface area contributed by atoms with Crippen LogP contribution in [0.25, 0.3) is 0 Å². The highest BCUT2D eigenvalue weighted by atomic mass is 17.5. The van der Waals surface area contributed by atoms with Gasteiger partial charge in [-0.3, -0.25) is 4.79 Å². The summed E-state index contributed by atoms with van der Waals surface area (Å²) in [5.74, 6) is -0.833. The van der Waals surface area contributed by atoms with Gasteiger partial charge in [-0.25, -0.2) is 9.78 Å². The number of rotatable bonds is 0. The Morgan fingerprint density at radius 1 is 1.40 bits per heavy atom. The van der Waals surface area contributed by atoms with Crippen molar-refractivity contribution in [1.29, 1.82) is 0 Å². The van der Waals surface area contributed by atoms with E-state index in [9.17, 15) is 0 Å². The van der Waals surface area contributed by atoms with Gasteiger partial charge >= 0.3 is 0 Å². The van der Waals surface area contributed by atoms with Gasteiger partial charge < -0.3 is 5.11 Å². The molecule has 5 heteroatoms. The van der Waals surface area contributed by atoms with Gasteiger partial charge in [0, 0.05) is 13.3 Å². The summed E-state index contributed by atoms with van der Waals surface area (Å²) in [6.07, 6.45) is 0.931. The summed E-state index contributed by atoms with van der Waals surface area (Å²) < 4.78 is 0. The van der Waals surface area contributed by atoms with Crippen LogP contribution in [0.5, 0.6) is 0 Å². The molecule has 1 aliphatic rings. The molecule has 1 fully saturated rings. The van der Waals surface area contributed by atoms with Crippen LogP contribution in [0.15, 0.2) is 0 Å². The van der Waals surface area contributed by atoms with Crippen LogP contribution in [0.3, 0.4) is 0 Å². The predicted octanol–water partition coefficient (Wildman–Crippen LogP) is 0.361. The van der Waals surface area contributed by atoms with Gasteiger partial charge in [-0.05, 0) is 0 Å². The second-order valence-corrected chi connectivity index (χ2v) is 1.58. The van der Waals surface area contributed by atoms with Crippen molar-refractivity contribution in [2.45, 2.75) is 13.3 Å². The van der Waals surface area contributed by atoms with Crippen LogP contribution in [-0.4, -0.2) is 24.3 Å². The molecule has 0 aliphatic carbocycles. The molecule has 1 saturated heterocycles. The molecule has 0 bridgehead atoms. The Hall–Kier alpha value is -0.650. The van der Waals surface area contributed by atoms with E-state index in [0.29, 0.717) is 13.2 Å². The van der Waals surface area contributed by atoms with E-state index in [2.05, 4.69) is 14.8 Å². The molecule has 5 nitrogen and oxygen atoms in total. The van der Waals surface area contributed by atoms with Crippen molar-refractivity contribution in [2.24, 2.45) is 0 Å². The molecule has 1 N–H and O–H groups in total. The standard InChI is InChI=1S/C3H6O3.C2H4O2/c1-2-4-6-5-3-1;1-2(3)4/h1-3H2;1H3,(H,3,4). The van der Waals surface area contributed by atoms with Crippen molar-refractivity contribution in [3.63, 3.8) is 0 Å². The zero-order valence-corrected chi connectivity index (χ0v) is 5.70. The van der Waals surface area contributed by atoms with Gasteiger partial charge in [0.1, 0.15) is 0 Å². The summed E-state index contributed by atoms with van der Waals surface area (Å²) in [4.78, 5) is 17.7. The van der Waals surface area contributed by atoms with Gasteiger partial charge in [0.05, 0.1) is 13.2 Å². The highest BCUT2D eigenvalue weighted by Gasteiger charge is 1.96. The van der Waals surface area contributed by atoms with E-state index in [1.54, 1.807) is 0 Å².